The molecule has 0 aromatic carbocycles. The zero-order chi connectivity index (χ0) is 9.14. The van der Waals surface area contributed by atoms with Gasteiger partial charge in [0, 0.05) is 7.05 Å². The number of aromatic nitrogens is 2. The van der Waals surface area contributed by atoms with Crippen molar-refractivity contribution < 1.29 is 4.79 Å². The molecule has 1 heterocycles. The number of nitrogens with zero attached hydrogens (tertiary/aromatic N) is 2. The fraction of sp³-hybridized carbons (Fsp3) is 0.167. The number of halogens is 2. The third-order valence-corrected chi connectivity index (χ3v) is 2.21. The van der Waals surface area contributed by atoms with Gasteiger partial charge in [-0.3, -0.25) is 4.79 Å². The molecule has 0 bridgehead atoms. The summed E-state index contributed by atoms with van der Waals surface area (Å²) in [5.74, 6) is -0.292. The Morgan fingerprint density at radius 3 is 2.92 bits per heavy atom. The zero-order valence-electron chi connectivity index (χ0n) is 6.14. The van der Waals surface area contributed by atoms with Gasteiger partial charge in [0.15, 0.2) is 5.15 Å². The van der Waals surface area contributed by atoms with E-state index in [1.54, 1.807) is 0 Å². The van der Waals surface area contributed by atoms with Gasteiger partial charge in [0.05, 0.1) is 6.20 Å². The van der Waals surface area contributed by atoms with Crippen molar-refractivity contribution in [3.63, 3.8) is 0 Å². The summed E-state index contributed by atoms with van der Waals surface area (Å²) in [5, 5.41) is 2.66. The van der Waals surface area contributed by atoms with Crippen LogP contribution in [0.4, 0.5) is 0 Å². The summed E-state index contributed by atoms with van der Waals surface area (Å²) in [7, 11) is 1.52. The molecule has 64 valence electrons. The highest BCUT2D eigenvalue weighted by molar-refractivity contribution is 9.10. The maximum absolute atomic E-state index is 11.0. The predicted molar refractivity (Wildman–Crippen MR) is 48.1 cm³/mol. The van der Waals surface area contributed by atoms with Crippen LogP contribution in [0.2, 0.25) is 5.15 Å². The smallest absolute Gasteiger partial charge is 0.271 e. The molecule has 1 N–H and O–H groups in total. The average Bonchev–Trinajstić information content (AvgIpc) is 2.08. The van der Waals surface area contributed by atoms with Crippen LogP contribution in [0.1, 0.15) is 10.5 Å². The summed E-state index contributed by atoms with van der Waals surface area (Å²) in [4.78, 5) is 18.6. The highest BCUT2D eigenvalue weighted by Crippen LogP contribution is 2.16. The van der Waals surface area contributed by atoms with Gasteiger partial charge in [0.25, 0.3) is 5.91 Å². The lowest BCUT2D eigenvalue weighted by Crippen LogP contribution is -2.19. The van der Waals surface area contributed by atoms with Crippen LogP contribution in [0.15, 0.2) is 10.8 Å². The van der Waals surface area contributed by atoms with Crippen LogP contribution in [-0.4, -0.2) is 22.9 Å². The molecule has 1 aromatic rings. The lowest BCUT2D eigenvalue weighted by molar-refractivity contribution is 0.0957. The normalized spacial score (nSPS) is 9.58. The molecule has 12 heavy (non-hydrogen) atoms. The van der Waals surface area contributed by atoms with Crippen molar-refractivity contribution in [1.82, 2.24) is 15.3 Å². The predicted octanol–water partition coefficient (Wildman–Crippen LogP) is 1.25. The number of hydrogen-bond donors (Lipinski definition) is 1. The molecule has 0 fully saturated rings. The standard InChI is InChI=1S/C6H5BrClN3O/c1-9-6(12)3-2-10-5(8)4(7)11-3/h2H,1H3,(H,9,12). The fourth-order valence-electron chi connectivity index (χ4n) is 0.589. The van der Waals surface area contributed by atoms with E-state index in [2.05, 4.69) is 31.2 Å². The number of carbonyl (C=O) groups is 1. The first-order valence-corrected chi connectivity index (χ1v) is 4.22. The summed E-state index contributed by atoms with van der Waals surface area (Å²) in [6.07, 6.45) is 1.31. The number of nitrogens with one attached hydrogen (secondary N) is 1. The molecule has 0 aliphatic carbocycles. The summed E-state index contributed by atoms with van der Waals surface area (Å²) >= 11 is 8.63. The summed E-state index contributed by atoms with van der Waals surface area (Å²) in [5.41, 5.74) is 0.230. The minimum Gasteiger partial charge on any atom is -0.354 e. The first-order valence-electron chi connectivity index (χ1n) is 3.05. The van der Waals surface area contributed by atoms with E-state index >= 15 is 0 Å². The van der Waals surface area contributed by atoms with Gasteiger partial charge in [-0.15, -0.1) is 0 Å². The lowest BCUT2D eigenvalue weighted by atomic mass is 10.4. The Balaban J connectivity index is 3.05. The minimum atomic E-state index is -0.292. The SMILES string of the molecule is CNC(=O)c1cnc(Cl)c(Br)n1. The van der Waals surface area contributed by atoms with Crippen LogP contribution in [0.3, 0.4) is 0 Å². The Morgan fingerprint density at radius 1 is 1.75 bits per heavy atom. The van der Waals surface area contributed by atoms with E-state index in [1.807, 2.05) is 0 Å². The van der Waals surface area contributed by atoms with Gasteiger partial charge in [-0.1, -0.05) is 11.6 Å². The van der Waals surface area contributed by atoms with E-state index in [4.69, 9.17) is 11.6 Å². The molecule has 1 amide bonds. The van der Waals surface area contributed by atoms with Crippen molar-refractivity contribution in [3.8, 4) is 0 Å². The second-order valence-corrected chi connectivity index (χ2v) is 3.03. The Kier molecular flexibility index (Phi) is 2.99. The van der Waals surface area contributed by atoms with Crippen molar-refractivity contribution in [2.24, 2.45) is 0 Å². The number of hydrogen-bond acceptors (Lipinski definition) is 3. The van der Waals surface area contributed by atoms with Crippen LogP contribution >= 0.6 is 27.5 Å². The lowest BCUT2D eigenvalue weighted by Gasteiger charge is -1.98. The van der Waals surface area contributed by atoms with Gasteiger partial charge in [0.1, 0.15) is 10.3 Å². The maximum Gasteiger partial charge on any atom is 0.271 e. The molecule has 0 saturated heterocycles. The number of amides is 1. The van der Waals surface area contributed by atoms with Gasteiger partial charge >= 0.3 is 0 Å². The minimum absolute atomic E-state index is 0.230. The summed E-state index contributed by atoms with van der Waals surface area (Å²) in [6, 6.07) is 0. The third kappa shape index (κ3) is 1.92. The van der Waals surface area contributed by atoms with E-state index in [0.717, 1.165) is 0 Å². The molecule has 0 saturated carbocycles. The second kappa shape index (κ2) is 3.82. The largest absolute Gasteiger partial charge is 0.354 e. The Bertz CT molecular complexity index is 318. The quantitative estimate of drug-likeness (QED) is 0.816. The summed E-state index contributed by atoms with van der Waals surface area (Å²) < 4.78 is 0.366. The van der Waals surface area contributed by atoms with Crippen LogP contribution < -0.4 is 5.32 Å². The highest BCUT2D eigenvalue weighted by Gasteiger charge is 2.07. The van der Waals surface area contributed by atoms with E-state index in [1.165, 1.54) is 13.2 Å². The molecular formula is C6H5BrClN3O. The molecule has 0 spiro atoms. The molecule has 1 rings (SSSR count). The monoisotopic (exact) mass is 249 g/mol. The number of rotatable bonds is 1. The molecule has 4 nitrogen and oxygen atoms in total. The van der Waals surface area contributed by atoms with Gasteiger partial charge in [-0.2, -0.15) is 0 Å². The van der Waals surface area contributed by atoms with Gasteiger partial charge < -0.3 is 5.32 Å². The fourth-order valence-corrected chi connectivity index (χ4v) is 0.974. The summed E-state index contributed by atoms with van der Waals surface area (Å²) in [6.45, 7) is 0. The highest BCUT2D eigenvalue weighted by atomic mass is 79.9. The zero-order valence-corrected chi connectivity index (χ0v) is 8.48. The molecule has 0 aliphatic rings. The van der Waals surface area contributed by atoms with Gasteiger partial charge in [-0.05, 0) is 15.9 Å². The number of carbonyl (C=O) groups excluding carboxylic acids is 1. The van der Waals surface area contributed by atoms with Crippen molar-refractivity contribution in [3.05, 3.63) is 21.6 Å². The molecular weight excluding hydrogens is 245 g/mol. The maximum atomic E-state index is 11.0. The van der Waals surface area contributed by atoms with Crippen molar-refractivity contribution >= 4 is 33.4 Å². The molecule has 0 atom stereocenters. The first-order chi connectivity index (χ1) is 5.65. The van der Waals surface area contributed by atoms with E-state index in [0.29, 0.717) is 4.60 Å². The molecule has 0 aliphatic heterocycles. The Labute approximate surface area is 82.5 Å². The topological polar surface area (TPSA) is 54.9 Å². The van der Waals surface area contributed by atoms with E-state index in [9.17, 15) is 4.79 Å². The van der Waals surface area contributed by atoms with Crippen molar-refractivity contribution in [2.45, 2.75) is 0 Å². The van der Waals surface area contributed by atoms with E-state index in [-0.39, 0.29) is 16.8 Å². The average molecular weight is 250 g/mol. The van der Waals surface area contributed by atoms with Crippen LogP contribution in [0, 0.1) is 0 Å². The van der Waals surface area contributed by atoms with E-state index < -0.39 is 0 Å². The Hall–Kier alpha value is -0.680. The van der Waals surface area contributed by atoms with Crippen LogP contribution in [0.25, 0.3) is 0 Å². The third-order valence-electron chi connectivity index (χ3n) is 1.15. The molecule has 0 unspecified atom stereocenters. The van der Waals surface area contributed by atoms with Gasteiger partial charge in [-0.25, -0.2) is 9.97 Å². The van der Waals surface area contributed by atoms with Crippen molar-refractivity contribution in [1.29, 1.82) is 0 Å². The first kappa shape index (κ1) is 9.41. The van der Waals surface area contributed by atoms with Crippen LogP contribution in [0.5, 0.6) is 0 Å². The van der Waals surface area contributed by atoms with Crippen molar-refractivity contribution in [2.75, 3.05) is 7.05 Å². The molecule has 6 heteroatoms. The van der Waals surface area contributed by atoms with Gasteiger partial charge in [0.2, 0.25) is 0 Å². The second-order valence-electron chi connectivity index (χ2n) is 1.92. The Morgan fingerprint density at radius 2 is 2.42 bits per heavy atom. The van der Waals surface area contributed by atoms with Crippen LogP contribution in [-0.2, 0) is 0 Å². The molecule has 0 radical (unpaired) electrons. The molecule has 1 aromatic heterocycles.